The summed E-state index contributed by atoms with van der Waals surface area (Å²) in [6.07, 6.45) is 1.92. The molecule has 0 spiro atoms. The molecule has 1 heterocycles. The van der Waals surface area contributed by atoms with Crippen molar-refractivity contribution >= 4 is 22.4 Å². The molecule has 1 aliphatic rings. The van der Waals surface area contributed by atoms with E-state index >= 15 is 0 Å². The number of hydrogen-bond donors (Lipinski definition) is 1. The molecule has 4 nitrogen and oxygen atoms in total. The first-order valence-corrected chi connectivity index (χ1v) is 9.25. The SMILES string of the molecule is CS(=O)Cc1cccc(NC(=O)C2OCCc3ccccc32)c1. The molecule has 5 heteroatoms. The second kappa shape index (κ2) is 7.06. The zero-order valence-electron chi connectivity index (χ0n) is 13.0. The molecule has 0 saturated heterocycles. The molecule has 0 radical (unpaired) electrons. The molecule has 3 rings (SSSR count). The number of fused-ring (bicyclic) bond motifs is 1. The van der Waals surface area contributed by atoms with Crippen molar-refractivity contribution in [2.24, 2.45) is 0 Å². The summed E-state index contributed by atoms with van der Waals surface area (Å²) in [6.45, 7) is 0.546. The van der Waals surface area contributed by atoms with Crippen molar-refractivity contribution < 1.29 is 13.7 Å². The summed E-state index contributed by atoms with van der Waals surface area (Å²) in [5, 5.41) is 2.90. The first-order valence-electron chi connectivity index (χ1n) is 7.53. The highest BCUT2D eigenvalue weighted by Crippen LogP contribution is 2.28. The maximum atomic E-state index is 12.6. The van der Waals surface area contributed by atoms with Crippen LogP contribution in [0.5, 0.6) is 0 Å². The predicted octanol–water partition coefficient (Wildman–Crippen LogP) is 2.82. The molecule has 2 unspecified atom stereocenters. The van der Waals surface area contributed by atoms with Gasteiger partial charge in [-0.3, -0.25) is 9.00 Å². The van der Waals surface area contributed by atoms with Gasteiger partial charge in [0.1, 0.15) is 0 Å². The highest BCUT2D eigenvalue weighted by Gasteiger charge is 2.27. The van der Waals surface area contributed by atoms with Gasteiger partial charge in [0.2, 0.25) is 0 Å². The molecule has 0 bridgehead atoms. The molecule has 120 valence electrons. The number of benzene rings is 2. The number of carbonyl (C=O) groups excluding carboxylic acids is 1. The van der Waals surface area contributed by atoms with E-state index < -0.39 is 16.9 Å². The molecule has 2 atom stereocenters. The molecule has 23 heavy (non-hydrogen) atoms. The number of nitrogens with one attached hydrogen (secondary N) is 1. The van der Waals surface area contributed by atoms with Gasteiger partial charge < -0.3 is 10.1 Å². The van der Waals surface area contributed by atoms with Crippen LogP contribution in [0.2, 0.25) is 0 Å². The van der Waals surface area contributed by atoms with Crippen molar-refractivity contribution in [1.82, 2.24) is 0 Å². The van der Waals surface area contributed by atoms with Crippen LogP contribution in [-0.2, 0) is 32.5 Å². The summed E-state index contributed by atoms with van der Waals surface area (Å²) in [6, 6.07) is 15.3. The van der Waals surface area contributed by atoms with Crippen molar-refractivity contribution in [3.63, 3.8) is 0 Å². The highest BCUT2D eigenvalue weighted by molar-refractivity contribution is 7.83. The Morgan fingerprint density at radius 3 is 2.91 bits per heavy atom. The van der Waals surface area contributed by atoms with E-state index in [0.717, 1.165) is 23.1 Å². The van der Waals surface area contributed by atoms with Gasteiger partial charge in [0.15, 0.2) is 6.10 Å². The van der Waals surface area contributed by atoms with E-state index in [-0.39, 0.29) is 5.91 Å². The molecule has 2 aromatic carbocycles. The predicted molar refractivity (Wildman–Crippen MR) is 91.7 cm³/mol. The number of amides is 1. The molecule has 1 aliphatic heterocycles. The van der Waals surface area contributed by atoms with Crippen LogP contribution < -0.4 is 5.32 Å². The number of hydrogen-bond acceptors (Lipinski definition) is 3. The van der Waals surface area contributed by atoms with Gasteiger partial charge in [-0.05, 0) is 35.2 Å². The van der Waals surface area contributed by atoms with Crippen LogP contribution in [-0.4, -0.2) is 23.0 Å². The van der Waals surface area contributed by atoms with E-state index in [1.807, 2.05) is 48.5 Å². The van der Waals surface area contributed by atoms with Gasteiger partial charge in [0.25, 0.3) is 5.91 Å². The van der Waals surface area contributed by atoms with E-state index in [1.54, 1.807) is 6.26 Å². The second-order valence-corrected chi connectivity index (χ2v) is 7.04. The molecule has 0 aromatic heterocycles. The summed E-state index contributed by atoms with van der Waals surface area (Å²) in [5.41, 5.74) is 3.73. The Balaban J connectivity index is 1.76. The third kappa shape index (κ3) is 3.86. The van der Waals surface area contributed by atoms with Crippen molar-refractivity contribution in [3.8, 4) is 0 Å². The molecular formula is C18H19NO3S. The first-order chi connectivity index (χ1) is 11.1. The van der Waals surface area contributed by atoms with E-state index in [1.165, 1.54) is 0 Å². The van der Waals surface area contributed by atoms with Gasteiger partial charge in [-0.2, -0.15) is 0 Å². The molecule has 0 saturated carbocycles. The fourth-order valence-electron chi connectivity index (χ4n) is 2.79. The molecular weight excluding hydrogens is 310 g/mol. The van der Waals surface area contributed by atoms with E-state index in [0.29, 0.717) is 18.0 Å². The molecule has 1 N–H and O–H groups in total. The van der Waals surface area contributed by atoms with Crippen LogP contribution in [0.1, 0.15) is 22.8 Å². The molecule has 2 aromatic rings. The lowest BCUT2D eigenvalue weighted by Gasteiger charge is -2.25. The van der Waals surface area contributed by atoms with Crippen molar-refractivity contribution in [2.45, 2.75) is 18.3 Å². The summed E-state index contributed by atoms with van der Waals surface area (Å²) >= 11 is 0. The summed E-state index contributed by atoms with van der Waals surface area (Å²) in [7, 11) is -0.909. The Hall–Kier alpha value is -1.98. The number of ether oxygens (including phenoxy) is 1. The lowest BCUT2D eigenvalue weighted by Crippen LogP contribution is -2.28. The maximum Gasteiger partial charge on any atom is 0.258 e. The van der Waals surface area contributed by atoms with Crippen molar-refractivity contribution in [1.29, 1.82) is 0 Å². The smallest absolute Gasteiger partial charge is 0.258 e. The maximum absolute atomic E-state index is 12.6. The summed E-state index contributed by atoms with van der Waals surface area (Å²) in [5.74, 6) is 0.304. The third-order valence-electron chi connectivity index (χ3n) is 3.80. The van der Waals surface area contributed by atoms with Gasteiger partial charge in [-0.15, -0.1) is 0 Å². The number of rotatable bonds is 4. The topological polar surface area (TPSA) is 55.4 Å². The van der Waals surface area contributed by atoms with E-state index in [2.05, 4.69) is 5.32 Å². The zero-order chi connectivity index (χ0) is 16.2. The van der Waals surface area contributed by atoms with Crippen LogP contribution in [0, 0.1) is 0 Å². The minimum absolute atomic E-state index is 0.174. The van der Waals surface area contributed by atoms with Crippen molar-refractivity contribution in [2.75, 3.05) is 18.2 Å². The van der Waals surface area contributed by atoms with Gasteiger partial charge in [0.05, 0.1) is 6.61 Å². The summed E-state index contributed by atoms with van der Waals surface area (Å²) in [4.78, 5) is 12.6. The average molecular weight is 329 g/mol. The number of anilines is 1. The van der Waals surface area contributed by atoms with E-state index in [4.69, 9.17) is 4.74 Å². The first kappa shape index (κ1) is 15.9. The molecule has 1 amide bonds. The van der Waals surface area contributed by atoms with Crippen LogP contribution in [0.3, 0.4) is 0 Å². The average Bonchev–Trinajstić information content (AvgIpc) is 2.54. The normalized spacial score (nSPS) is 18.0. The van der Waals surface area contributed by atoms with Gasteiger partial charge in [-0.25, -0.2) is 0 Å². The quantitative estimate of drug-likeness (QED) is 0.938. The lowest BCUT2D eigenvalue weighted by atomic mass is 9.97. The third-order valence-corrected chi connectivity index (χ3v) is 4.54. The summed E-state index contributed by atoms with van der Waals surface area (Å²) < 4.78 is 17.0. The fraction of sp³-hybridized carbons (Fsp3) is 0.278. The minimum Gasteiger partial charge on any atom is -0.363 e. The number of carbonyl (C=O) groups is 1. The Bertz CT molecular complexity index is 745. The lowest BCUT2D eigenvalue weighted by molar-refractivity contribution is -0.128. The Morgan fingerprint density at radius 2 is 2.09 bits per heavy atom. The van der Waals surface area contributed by atoms with Crippen LogP contribution >= 0.6 is 0 Å². The van der Waals surface area contributed by atoms with Crippen LogP contribution in [0.4, 0.5) is 5.69 Å². The monoisotopic (exact) mass is 329 g/mol. The highest BCUT2D eigenvalue weighted by atomic mass is 32.2. The van der Waals surface area contributed by atoms with Gasteiger partial charge in [0, 0.05) is 28.5 Å². The standard InChI is InChI=1S/C18H19NO3S/c1-23(21)12-13-5-4-7-15(11-13)19-18(20)17-16-8-3-2-6-14(16)9-10-22-17/h2-8,11,17H,9-10,12H2,1H3,(H,19,20). The Labute approximate surface area is 138 Å². The Kier molecular flexibility index (Phi) is 4.88. The van der Waals surface area contributed by atoms with Gasteiger partial charge >= 0.3 is 0 Å². The fourth-order valence-corrected chi connectivity index (χ4v) is 3.44. The Morgan fingerprint density at radius 1 is 1.26 bits per heavy atom. The van der Waals surface area contributed by atoms with E-state index in [9.17, 15) is 9.00 Å². The minimum atomic E-state index is -0.909. The van der Waals surface area contributed by atoms with Crippen LogP contribution in [0.15, 0.2) is 48.5 Å². The van der Waals surface area contributed by atoms with Crippen molar-refractivity contribution in [3.05, 3.63) is 65.2 Å². The van der Waals surface area contributed by atoms with Gasteiger partial charge in [-0.1, -0.05) is 36.4 Å². The largest absolute Gasteiger partial charge is 0.363 e. The zero-order valence-corrected chi connectivity index (χ0v) is 13.8. The van der Waals surface area contributed by atoms with Crippen LogP contribution in [0.25, 0.3) is 0 Å². The molecule has 0 fully saturated rings. The molecule has 0 aliphatic carbocycles. The second-order valence-electron chi connectivity index (χ2n) is 5.61.